The van der Waals surface area contributed by atoms with Crippen LogP contribution in [-0.2, 0) is 13.2 Å². The van der Waals surface area contributed by atoms with Crippen LogP contribution in [0.15, 0.2) is 60.8 Å². The molecule has 1 heterocycles. The van der Waals surface area contributed by atoms with Crippen molar-refractivity contribution in [2.45, 2.75) is 27.0 Å². The summed E-state index contributed by atoms with van der Waals surface area (Å²) in [6.45, 7) is 3.73. The first-order chi connectivity index (χ1) is 16.7. The van der Waals surface area contributed by atoms with Crippen molar-refractivity contribution in [1.29, 1.82) is 0 Å². The van der Waals surface area contributed by atoms with E-state index in [4.69, 9.17) is 4.74 Å². The average Bonchev–Trinajstić information content (AvgIpc) is 3.27. The van der Waals surface area contributed by atoms with Crippen molar-refractivity contribution >= 4 is 11.7 Å². The Morgan fingerprint density at radius 2 is 1.57 bits per heavy atom. The molecule has 1 amide bonds. The molecule has 0 bridgehead atoms. The zero-order valence-electron chi connectivity index (χ0n) is 18.9. The number of nitrogens with one attached hydrogen (secondary N) is 1. The van der Waals surface area contributed by atoms with Crippen LogP contribution in [0.3, 0.4) is 0 Å². The lowest BCUT2D eigenvalue weighted by molar-refractivity contribution is 0.102. The van der Waals surface area contributed by atoms with E-state index in [1.165, 1.54) is 12.3 Å². The first kappa shape index (κ1) is 24.0. The molecule has 180 valence electrons. The minimum atomic E-state index is -1.50. The SMILES string of the molecule is Cc1cccc(C)c1OCc1ccc(C(=O)Nc2ccn(Cc3c(F)c(F)cc(F)c3F)n2)cc1. The molecule has 35 heavy (non-hydrogen) atoms. The fourth-order valence-electron chi connectivity index (χ4n) is 3.56. The molecule has 0 spiro atoms. The topological polar surface area (TPSA) is 56.1 Å². The molecule has 0 saturated heterocycles. The summed E-state index contributed by atoms with van der Waals surface area (Å²) >= 11 is 0. The van der Waals surface area contributed by atoms with Gasteiger partial charge in [-0.25, -0.2) is 17.6 Å². The second kappa shape index (κ2) is 10.0. The summed E-state index contributed by atoms with van der Waals surface area (Å²) in [5.74, 6) is -5.50. The molecule has 0 radical (unpaired) electrons. The van der Waals surface area contributed by atoms with Crippen molar-refractivity contribution in [3.63, 3.8) is 0 Å². The van der Waals surface area contributed by atoms with Crippen LogP contribution in [0.1, 0.15) is 32.6 Å². The highest BCUT2D eigenvalue weighted by atomic mass is 19.2. The molecule has 0 saturated carbocycles. The van der Waals surface area contributed by atoms with Crippen LogP contribution in [0, 0.1) is 37.1 Å². The number of nitrogens with zero attached hydrogens (tertiary/aromatic N) is 2. The fraction of sp³-hybridized carbons (Fsp3) is 0.154. The Hall–Kier alpha value is -4.14. The largest absolute Gasteiger partial charge is 0.488 e. The highest BCUT2D eigenvalue weighted by molar-refractivity contribution is 6.03. The number of carbonyl (C=O) groups is 1. The fourth-order valence-corrected chi connectivity index (χ4v) is 3.56. The number of amides is 1. The molecule has 5 nitrogen and oxygen atoms in total. The number of anilines is 1. The number of aryl methyl sites for hydroxylation is 2. The zero-order valence-corrected chi connectivity index (χ0v) is 18.9. The molecule has 9 heteroatoms. The molecule has 0 aliphatic carbocycles. The van der Waals surface area contributed by atoms with Gasteiger partial charge in [-0.15, -0.1) is 0 Å². The molecule has 0 aliphatic heterocycles. The van der Waals surface area contributed by atoms with Crippen molar-refractivity contribution < 1.29 is 27.1 Å². The summed E-state index contributed by atoms with van der Waals surface area (Å²) in [5.41, 5.74) is 2.50. The Morgan fingerprint density at radius 3 is 2.20 bits per heavy atom. The minimum Gasteiger partial charge on any atom is -0.488 e. The third-order valence-electron chi connectivity index (χ3n) is 5.41. The first-order valence-electron chi connectivity index (χ1n) is 10.7. The molecule has 0 unspecified atom stereocenters. The summed E-state index contributed by atoms with van der Waals surface area (Å²) in [5, 5.41) is 6.57. The highest BCUT2D eigenvalue weighted by Gasteiger charge is 2.20. The van der Waals surface area contributed by atoms with E-state index in [-0.39, 0.29) is 11.9 Å². The van der Waals surface area contributed by atoms with Gasteiger partial charge in [0.1, 0.15) is 12.4 Å². The minimum absolute atomic E-state index is 0.107. The maximum Gasteiger partial charge on any atom is 0.256 e. The van der Waals surface area contributed by atoms with E-state index >= 15 is 0 Å². The predicted molar refractivity (Wildman–Crippen MR) is 122 cm³/mol. The Labute approximate surface area is 199 Å². The van der Waals surface area contributed by atoms with Crippen LogP contribution in [0.5, 0.6) is 5.75 Å². The molecular formula is C26H21F4N3O2. The second-order valence-corrected chi connectivity index (χ2v) is 8.01. The van der Waals surface area contributed by atoms with Crippen molar-refractivity contribution in [3.05, 3.63) is 112 Å². The molecule has 0 fully saturated rings. The molecule has 4 rings (SSSR count). The van der Waals surface area contributed by atoms with Gasteiger partial charge in [-0.05, 0) is 42.7 Å². The third kappa shape index (κ3) is 5.34. The van der Waals surface area contributed by atoms with E-state index in [0.29, 0.717) is 12.2 Å². The number of halogens is 4. The number of rotatable bonds is 7. The van der Waals surface area contributed by atoms with Crippen LogP contribution >= 0.6 is 0 Å². The van der Waals surface area contributed by atoms with Gasteiger partial charge in [-0.2, -0.15) is 5.10 Å². The summed E-state index contributed by atoms with van der Waals surface area (Å²) in [7, 11) is 0. The third-order valence-corrected chi connectivity index (χ3v) is 5.41. The zero-order chi connectivity index (χ0) is 25.1. The van der Waals surface area contributed by atoms with Crippen molar-refractivity contribution in [2.75, 3.05) is 5.32 Å². The Bertz CT molecular complexity index is 1340. The number of benzene rings is 3. The maximum absolute atomic E-state index is 13.9. The van der Waals surface area contributed by atoms with E-state index in [2.05, 4.69) is 10.4 Å². The number of ether oxygens (including phenoxy) is 1. The van der Waals surface area contributed by atoms with Gasteiger partial charge in [0.05, 0.1) is 12.1 Å². The molecule has 3 aromatic carbocycles. The lowest BCUT2D eigenvalue weighted by atomic mass is 10.1. The lowest BCUT2D eigenvalue weighted by Crippen LogP contribution is -2.13. The normalized spacial score (nSPS) is 10.9. The van der Waals surface area contributed by atoms with E-state index in [1.807, 2.05) is 32.0 Å². The van der Waals surface area contributed by atoms with Gasteiger partial charge >= 0.3 is 0 Å². The number of hydrogen-bond donors (Lipinski definition) is 1. The smallest absolute Gasteiger partial charge is 0.256 e. The molecule has 0 aliphatic rings. The highest BCUT2D eigenvalue weighted by Crippen LogP contribution is 2.24. The van der Waals surface area contributed by atoms with Crippen LogP contribution < -0.4 is 10.1 Å². The van der Waals surface area contributed by atoms with Crippen LogP contribution in [-0.4, -0.2) is 15.7 Å². The summed E-state index contributed by atoms with van der Waals surface area (Å²) in [6.07, 6.45) is 1.32. The molecule has 0 atom stereocenters. The Kier molecular flexibility index (Phi) is 6.86. The Balaban J connectivity index is 1.38. The summed E-state index contributed by atoms with van der Waals surface area (Å²) < 4.78 is 61.6. The first-order valence-corrected chi connectivity index (χ1v) is 10.7. The average molecular weight is 483 g/mol. The quantitative estimate of drug-likeness (QED) is 0.262. The summed E-state index contributed by atoms with van der Waals surface area (Å²) in [4.78, 5) is 12.5. The van der Waals surface area contributed by atoms with Crippen molar-refractivity contribution in [2.24, 2.45) is 0 Å². The number of para-hydroxylation sites is 1. The van der Waals surface area contributed by atoms with Gasteiger partial charge in [0, 0.05) is 23.9 Å². The van der Waals surface area contributed by atoms with Gasteiger partial charge in [-0.1, -0.05) is 30.3 Å². The summed E-state index contributed by atoms with van der Waals surface area (Å²) in [6, 6.07) is 14.3. The number of hydrogen-bond acceptors (Lipinski definition) is 3. The molecular weight excluding hydrogens is 462 g/mol. The van der Waals surface area contributed by atoms with Gasteiger partial charge < -0.3 is 10.1 Å². The Morgan fingerprint density at radius 1 is 0.943 bits per heavy atom. The standard InChI is InChI=1S/C26H21F4N3O2/c1-15-4-3-5-16(2)25(15)35-14-17-6-8-18(9-7-17)26(34)31-22-10-11-33(32-22)13-19-23(29)20(27)12-21(28)24(19)30/h3-12H,13-14H2,1-2H3,(H,31,32,34). The molecule has 1 N–H and O–H groups in total. The van der Waals surface area contributed by atoms with E-state index in [9.17, 15) is 22.4 Å². The van der Waals surface area contributed by atoms with Gasteiger partial charge in [0.15, 0.2) is 29.1 Å². The van der Waals surface area contributed by atoms with Crippen molar-refractivity contribution in [1.82, 2.24) is 9.78 Å². The molecule has 4 aromatic rings. The number of carbonyl (C=O) groups excluding carboxylic acids is 1. The van der Waals surface area contributed by atoms with Gasteiger partial charge in [0.25, 0.3) is 5.91 Å². The van der Waals surface area contributed by atoms with E-state index in [0.717, 1.165) is 27.1 Å². The second-order valence-electron chi connectivity index (χ2n) is 8.01. The predicted octanol–water partition coefficient (Wildman–Crippen LogP) is 5.94. The van der Waals surface area contributed by atoms with Gasteiger partial charge in [0.2, 0.25) is 0 Å². The lowest BCUT2D eigenvalue weighted by Gasteiger charge is -2.12. The molecule has 1 aromatic heterocycles. The number of aromatic nitrogens is 2. The van der Waals surface area contributed by atoms with Gasteiger partial charge in [-0.3, -0.25) is 9.48 Å². The van der Waals surface area contributed by atoms with Crippen LogP contribution in [0.2, 0.25) is 0 Å². The van der Waals surface area contributed by atoms with E-state index in [1.54, 1.807) is 24.3 Å². The van der Waals surface area contributed by atoms with Crippen LogP contribution in [0.4, 0.5) is 23.4 Å². The van der Waals surface area contributed by atoms with E-state index < -0.39 is 41.3 Å². The monoisotopic (exact) mass is 483 g/mol. The van der Waals surface area contributed by atoms with Crippen LogP contribution in [0.25, 0.3) is 0 Å². The maximum atomic E-state index is 13.9. The van der Waals surface area contributed by atoms with Crippen molar-refractivity contribution in [3.8, 4) is 5.75 Å².